The van der Waals surface area contributed by atoms with E-state index in [2.05, 4.69) is 55.0 Å². The number of aliphatic hydroxyl groups is 1. The lowest BCUT2D eigenvalue weighted by molar-refractivity contribution is -0.246. The highest BCUT2D eigenvalue weighted by Crippen LogP contribution is 2.77. The van der Waals surface area contributed by atoms with Crippen molar-refractivity contribution in [2.45, 2.75) is 119 Å². The van der Waals surface area contributed by atoms with E-state index in [4.69, 9.17) is 0 Å². The van der Waals surface area contributed by atoms with E-state index in [0.717, 1.165) is 30.1 Å². The van der Waals surface area contributed by atoms with E-state index < -0.39 is 0 Å². The van der Waals surface area contributed by atoms with Crippen molar-refractivity contribution in [3.05, 3.63) is 12.2 Å². The predicted octanol–water partition coefficient (Wildman–Crippen LogP) is 8.02. The predicted molar refractivity (Wildman–Crippen MR) is 131 cm³/mol. The number of fused-ring (bicyclic) bond motifs is 7. The van der Waals surface area contributed by atoms with Crippen molar-refractivity contribution < 1.29 is 5.11 Å². The first kappa shape index (κ1) is 22.5. The van der Waals surface area contributed by atoms with E-state index >= 15 is 0 Å². The van der Waals surface area contributed by atoms with E-state index in [1.165, 1.54) is 63.4 Å². The lowest BCUT2D eigenvalue weighted by Crippen LogP contribution is -2.66. The van der Waals surface area contributed by atoms with E-state index in [-0.39, 0.29) is 11.5 Å². The molecule has 5 aliphatic rings. The standard InChI is InChI=1S/C30H50O/c1-19(2)20-11-14-27(5)17-18-29(7)21(25(20)27)9-10-23-28(6)15-13-24(31)26(3,4)22(28)12-16-30(23,29)8/h20-25,31H,1,9-18H2,2-8H3/t20-,21?,22-,23+,24-,25+,27+,28-,29+,30+/m0/s1. The average molecular weight is 427 g/mol. The van der Waals surface area contributed by atoms with Crippen LogP contribution in [-0.2, 0) is 0 Å². The molecule has 31 heavy (non-hydrogen) atoms. The van der Waals surface area contributed by atoms with Gasteiger partial charge in [-0.3, -0.25) is 0 Å². The summed E-state index contributed by atoms with van der Waals surface area (Å²) in [6, 6.07) is 0. The quantitative estimate of drug-likeness (QED) is 0.421. The fraction of sp³-hybridized carbons (Fsp3) is 0.933. The molecule has 0 aromatic heterocycles. The number of hydrogen-bond donors (Lipinski definition) is 1. The molecule has 0 heterocycles. The first-order valence-electron chi connectivity index (χ1n) is 13.6. The van der Waals surface area contributed by atoms with Crippen molar-refractivity contribution in [3.8, 4) is 0 Å². The first-order chi connectivity index (χ1) is 14.3. The van der Waals surface area contributed by atoms with Gasteiger partial charge in [-0.05, 0) is 128 Å². The smallest absolute Gasteiger partial charge is 0.0594 e. The Morgan fingerprint density at radius 3 is 2.13 bits per heavy atom. The fourth-order valence-corrected chi connectivity index (χ4v) is 11.5. The molecule has 0 aromatic rings. The van der Waals surface area contributed by atoms with Crippen LogP contribution in [0.4, 0.5) is 0 Å². The topological polar surface area (TPSA) is 20.2 Å². The monoisotopic (exact) mass is 426 g/mol. The Labute approximate surface area is 192 Å². The van der Waals surface area contributed by atoms with Gasteiger partial charge in [-0.25, -0.2) is 0 Å². The summed E-state index contributed by atoms with van der Waals surface area (Å²) >= 11 is 0. The highest BCUT2D eigenvalue weighted by molar-refractivity contribution is 5.21. The Balaban J connectivity index is 1.54. The Kier molecular flexibility index (Phi) is 4.82. The van der Waals surface area contributed by atoms with Gasteiger partial charge < -0.3 is 5.11 Å². The van der Waals surface area contributed by atoms with Gasteiger partial charge in [-0.2, -0.15) is 0 Å². The van der Waals surface area contributed by atoms with Crippen molar-refractivity contribution in [1.82, 2.24) is 0 Å². The van der Waals surface area contributed by atoms with Crippen molar-refractivity contribution in [2.75, 3.05) is 0 Å². The van der Waals surface area contributed by atoms with Gasteiger partial charge >= 0.3 is 0 Å². The molecular formula is C30H50O. The summed E-state index contributed by atoms with van der Waals surface area (Å²) in [6.07, 6.45) is 13.4. The highest BCUT2D eigenvalue weighted by atomic mass is 16.3. The average Bonchev–Trinajstić information content (AvgIpc) is 3.04. The molecule has 0 aliphatic heterocycles. The minimum atomic E-state index is -0.118. The van der Waals surface area contributed by atoms with Gasteiger partial charge in [0, 0.05) is 0 Å². The van der Waals surface area contributed by atoms with Crippen LogP contribution in [0.15, 0.2) is 12.2 Å². The molecule has 5 saturated carbocycles. The lowest BCUT2D eigenvalue weighted by Gasteiger charge is -2.73. The van der Waals surface area contributed by atoms with Crippen LogP contribution in [0.25, 0.3) is 0 Å². The van der Waals surface area contributed by atoms with Crippen molar-refractivity contribution >= 4 is 0 Å². The summed E-state index contributed by atoms with van der Waals surface area (Å²) in [5, 5.41) is 10.9. The van der Waals surface area contributed by atoms with Gasteiger partial charge in [-0.1, -0.05) is 53.7 Å². The lowest BCUT2D eigenvalue weighted by atomic mass is 9.32. The second-order valence-corrected chi connectivity index (χ2v) is 14.7. The van der Waals surface area contributed by atoms with Crippen LogP contribution in [0, 0.1) is 56.7 Å². The molecule has 5 fully saturated rings. The molecule has 0 spiro atoms. The molecule has 5 aliphatic carbocycles. The Bertz CT molecular complexity index is 766. The molecule has 5 rings (SSSR count). The summed E-state index contributed by atoms with van der Waals surface area (Å²) in [7, 11) is 0. The number of rotatable bonds is 1. The minimum absolute atomic E-state index is 0.0632. The van der Waals surface area contributed by atoms with Crippen molar-refractivity contribution in [3.63, 3.8) is 0 Å². The molecule has 1 heteroatoms. The Morgan fingerprint density at radius 1 is 0.742 bits per heavy atom. The Hall–Kier alpha value is -0.300. The van der Waals surface area contributed by atoms with Crippen molar-refractivity contribution in [2.24, 2.45) is 56.7 Å². The maximum Gasteiger partial charge on any atom is 0.0594 e. The molecule has 0 amide bonds. The molecule has 1 N–H and O–H groups in total. The molecule has 0 aromatic carbocycles. The second kappa shape index (κ2) is 6.64. The number of allylic oxidation sites excluding steroid dienone is 1. The second-order valence-electron chi connectivity index (χ2n) is 14.7. The third-order valence-electron chi connectivity index (χ3n) is 13.5. The molecule has 0 saturated heterocycles. The number of aliphatic hydroxyl groups excluding tert-OH is 1. The summed E-state index contributed by atoms with van der Waals surface area (Å²) in [4.78, 5) is 0. The SMILES string of the molecule is C=C(C)[C@@H]1CC[C@]2(C)CC[C@]3(C)C(CC[C@@H]4[C@@]5(C)CC[C@H](O)C(C)(C)[C@@H]5CC[C@]43C)[C@@H]12. The molecule has 0 bridgehead atoms. The maximum absolute atomic E-state index is 10.9. The maximum atomic E-state index is 10.9. The van der Waals surface area contributed by atoms with Crippen LogP contribution in [0.3, 0.4) is 0 Å². The van der Waals surface area contributed by atoms with E-state index in [9.17, 15) is 5.11 Å². The first-order valence-corrected chi connectivity index (χ1v) is 13.6. The minimum Gasteiger partial charge on any atom is -0.393 e. The molecule has 10 atom stereocenters. The normalized spacial score (nSPS) is 57.9. The molecular weight excluding hydrogens is 376 g/mol. The van der Waals surface area contributed by atoms with Gasteiger partial charge in [-0.15, -0.1) is 0 Å². The van der Waals surface area contributed by atoms with E-state index in [0.29, 0.717) is 27.6 Å². The zero-order valence-electron chi connectivity index (χ0n) is 21.7. The summed E-state index contributed by atoms with van der Waals surface area (Å²) in [5.74, 6) is 3.98. The third kappa shape index (κ3) is 2.65. The Morgan fingerprint density at radius 2 is 1.45 bits per heavy atom. The van der Waals surface area contributed by atoms with Crippen LogP contribution in [0.5, 0.6) is 0 Å². The highest BCUT2D eigenvalue weighted by Gasteiger charge is 2.70. The number of hydrogen-bond acceptors (Lipinski definition) is 1. The van der Waals surface area contributed by atoms with Crippen LogP contribution in [0.1, 0.15) is 113 Å². The summed E-state index contributed by atoms with van der Waals surface area (Å²) < 4.78 is 0. The molecule has 1 nitrogen and oxygen atoms in total. The van der Waals surface area contributed by atoms with Gasteiger partial charge in [0.25, 0.3) is 0 Å². The van der Waals surface area contributed by atoms with E-state index in [1.54, 1.807) is 0 Å². The van der Waals surface area contributed by atoms with Gasteiger partial charge in [0.15, 0.2) is 0 Å². The molecule has 0 radical (unpaired) electrons. The van der Waals surface area contributed by atoms with Crippen LogP contribution in [-0.4, -0.2) is 11.2 Å². The fourth-order valence-electron chi connectivity index (χ4n) is 11.5. The molecule has 1 unspecified atom stereocenters. The molecule has 176 valence electrons. The zero-order chi connectivity index (χ0) is 22.6. The zero-order valence-corrected chi connectivity index (χ0v) is 21.7. The van der Waals surface area contributed by atoms with Crippen molar-refractivity contribution in [1.29, 1.82) is 0 Å². The van der Waals surface area contributed by atoms with Gasteiger partial charge in [0.05, 0.1) is 6.10 Å². The van der Waals surface area contributed by atoms with Crippen LogP contribution < -0.4 is 0 Å². The largest absolute Gasteiger partial charge is 0.393 e. The van der Waals surface area contributed by atoms with E-state index in [1.807, 2.05) is 0 Å². The summed E-state index contributed by atoms with van der Waals surface area (Å²) in [6.45, 7) is 22.3. The third-order valence-corrected chi connectivity index (χ3v) is 13.5. The van der Waals surface area contributed by atoms with Gasteiger partial charge in [0.1, 0.15) is 0 Å². The van der Waals surface area contributed by atoms with Crippen LogP contribution in [0.2, 0.25) is 0 Å². The summed E-state index contributed by atoms with van der Waals surface area (Å²) in [5.41, 5.74) is 3.38. The van der Waals surface area contributed by atoms with Crippen LogP contribution >= 0.6 is 0 Å². The van der Waals surface area contributed by atoms with Gasteiger partial charge in [0.2, 0.25) is 0 Å².